The Labute approximate surface area is 213 Å². The molecule has 13 heteroatoms. The zero-order valence-corrected chi connectivity index (χ0v) is 20.7. The van der Waals surface area contributed by atoms with E-state index in [-0.39, 0.29) is 30.4 Å². The molecule has 2 aromatic heterocycles. The van der Waals surface area contributed by atoms with Crippen LogP contribution in [0.3, 0.4) is 0 Å². The van der Waals surface area contributed by atoms with E-state index in [1.54, 1.807) is 11.0 Å². The van der Waals surface area contributed by atoms with Gasteiger partial charge in [0.2, 0.25) is 17.8 Å². The van der Waals surface area contributed by atoms with E-state index in [2.05, 4.69) is 20.3 Å². The van der Waals surface area contributed by atoms with Gasteiger partial charge in [-0.25, -0.2) is 4.79 Å². The maximum Gasteiger partial charge on any atom is 0.336 e. The lowest BCUT2D eigenvalue weighted by atomic mass is 10.0. The average Bonchev–Trinajstić information content (AvgIpc) is 2.77. The number of nitrogens with two attached hydrogens (primary N) is 2. The third-order valence-corrected chi connectivity index (χ3v) is 6.31. The van der Waals surface area contributed by atoms with Gasteiger partial charge < -0.3 is 41.2 Å². The Morgan fingerprint density at radius 3 is 2.19 bits per heavy atom. The number of hydrogen-bond acceptors (Lipinski definition) is 12. The van der Waals surface area contributed by atoms with Gasteiger partial charge in [-0.15, -0.1) is 12.4 Å². The highest BCUT2D eigenvalue weighted by Crippen LogP contribution is 2.26. The molecule has 3 aromatic rings. The van der Waals surface area contributed by atoms with Gasteiger partial charge in [-0.2, -0.15) is 15.0 Å². The van der Waals surface area contributed by atoms with Crippen molar-refractivity contribution in [1.82, 2.24) is 15.0 Å². The standard InChI is InChI=1S/C23H30N8O4.ClH/c1-12-4-20(34)35-19-6-15(2-3-18(12)19)26-21-27-22(30-8-13(24)5-14(25)9-30)29-23(28-21)31-10-16(32)7-17(33)11-31;/h2-4,6,13-14,16-17,32-33H,5,7-11,24-25H2,1H3,(H,26,27,28,29);1H/t13-,14+,16-,17+;. The number of β-amino-alcohol motifs (C(OH)–C–C–N with tert-alkyl or cyclic N) is 2. The monoisotopic (exact) mass is 518 g/mol. The van der Waals surface area contributed by atoms with Crippen LogP contribution in [0.2, 0.25) is 0 Å². The van der Waals surface area contributed by atoms with E-state index in [1.165, 1.54) is 6.07 Å². The first-order chi connectivity index (χ1) is 16.7. The summed E-state index contributed by atoms with van der Waals surface area (Å²) in [6, 6.07) is 6.66. The van der Waals surface area contributed by atoms with Gasteiger partial charge in [-0.1, -0.05) is 0 Å². The van der Waals surface area contributed by atoms with Gasteiger partial charge in [-0.3, -0.25) is 0 Å². The molecule has 2 aliphatic rings. The van der Waals surface area contributed by atoms with Crippen LogP contribution in [0.1, 0.15) is 18.4 Å². The second-order valence-electron chi connectivity index (χ2n) is 9.45. The molecule has 7 N–H and O–H groups in total. The molecule has 12 nitrogen and oxygen atoms in total. The highest BCUT2D eigenvalue weighted by molar-refractivity contribution is 5.85. The summed E-state index contributed by atoms with van der Waals surface area (Å²) in [6.45, 7) is 3.52. The Bertz CT molecular complexity index is 1230. The molecule has 4 heterocycles. The lowest BCUT2D eigenvalue weighted by Gasteiger charge is -2.36. The van der Waals surface area contributed by atoms with Gasteiger partial charge in [0, 0.05) is 67.9 Å². The van der Waals surface area contributed by atoms with Crippen LogP contribution in [0.5, 0.6) is 0 Å². The molecule has 0 bridgehead atoms. The molecular formula is C23H31ClN8O4. The molecule has 194 valence electrons. The van der Waals surface area contributed by atoms with E-state index < -0.39 is 17.8 Å². The van der Waals surface area contributed by atoms with Gasteiger partial charge in [-0.05, 0) is 31.0 Å². The van der Waals surface area contributed by atoms with Crippen molar-refractivity contribution in [1.29, 1.82) is 0 Å². The van der Waals surface area contributed by atoms with Crippen molar-refractivity contribution in [3.05, 3.63) is 40.2 Å². The Hall–Kier alpha value is -3.03. The lowest BCUT2D eigenvalue weighted by Crippen LogP contribution is -2.53. The Balaban J connectivity index is 0.00000304. The topological polar surface area (TPSA) is 180 Å². The first kappa shape index (κ1) is 26.0. The molecule has 5 rings (SSSR count). The number of piperidine rings is 2. The van der Waals surface area contributed by atoms with Gasteiger partial charge >= 0.3 is 5.63 Å². The Morgan fingerprint density at radius 2 is 1.56 bits per heavy atom. The van der Waals surface area contributed by atoms with Crippen molar-refractivity contribution >= 4 is 46.9 Å². The van der Waals surface area contributed by atoms with E-state index >= 15 is 0 Å². The summed E-state index contributed by atoms with van der Waals surface area (Å²) >= 11 is 0. The SMILES string of the molecule is Cc1cc(=O)oc2cc(Nc3nc(N4C[C@H](N)C[C@H](N)C4)nc(N4C[C@H](O)C[C@H](O)C4)n3)ccc12.Cl. The summed E-state index contributed by atoms with van der Waals surface area (Å²) < 4.78 is 5.36. The molecule has 0 radical (unpaired) electrons. The van der Waals surface area contributed by atoms with Crippen molar-refractivity contribution in [2.75, 3.05) is 41.3 Å². The highest BCUT2D eigenvalue weighted by atomic mass is 35.5. The van der Waals surface area contributed by atoms with Gasteiger partial charge in [0.1, 0.15) is 5.58 Å². The van der Waals surface area contributed by atoms with Crippen LogP contribution < -0.4 is 32.2 Å². The molecule has 36 heavy (non-hydrogen) atoms. The fourth-order valence-corrected chi connectivity index (χ4v) is 4.78. The zero-order chi connectivity index (χ0) is 24.7. The van der Waals surface area contributed by atoms with E-state index in [1.807, 2.05) is 24.0 Å². The summed E-state index contributed by atoms with van der Waals surface area (Å²) in [4.78, 5) is 29.3. The summed E-state index contributed by atoms with van der Waals surface area (Å²) in [5.41, 5.74) is 13.9. The first-order valence-corrected chi connectivity index (χ1v) is 11.7. The van der Waals surface area contributed by atoms with Crippen LogP contribution in [0.25, 0.3) is 11.0 Å². The number of nitrogens with one attached hydrogen (secondary N) is 1. The molecule has 4 atom stereocenters. The summed E-state index contributed by atoms with van der Waals surface area (Å²) in [7, 11) is 0. The van der Waals surface area contributed by atoms with Gasteiger partial charge in [0.05, 0.1) is 12.2 Å². The van der Waals surface area contributed by atoms with Crippen LogP contribution in [-0.2, 0) is 0 Å². The smallest absolute Gasteiger partial charge is 0.336 e. The second kappa shape index (κ2) is 10.5. The minimum Gasteiger partial charge on any atom is -0.423 e. The zero-order valence-electron chi connectivity index (χ0n) is 19.9. The molecule has 0 spiro atoms. The van der Waals surface area contributed by atoms with Crippen LogP contribution >= 0.6 is 12.4 Å². The number of nitrogens with zero attached hydrogens (tertiary/aromatic N) is 5. The third-order valence-electron chi connectivity index (χ3n) is 6.31. The average molecular weight is 519 g/mol. The van der Waals surface area contributed by atoms with Crippen molar-refractivity contribution < 1.29 is 14.6 Å². The minimum atomic E-state index is -0.696. The number of rotatable bonds is 4. The molecule has 0 unspecified atom stereocenters. The molecule has 2 saturated heterocycles. The number of aryl methyl sites for hydroxylation is 1. The van der Waals surface area contributed by atoms with Gasteiger partial charge in [0.25, 0.3) is 0 Å². The number of fused-ring (bicyclic) bond motifs is 1. The number of benzene rings is 1. The van der Waals surface area contributed by atoms with Crippen LogP contribution in [-0.4, -0.2) is 75.6 Å². The third kappa shape index (κ3) is 5.68. The predicted octanol–water partition coefficient (Wildman–Crippen LogP) is 0.248. The van der Waals surface area contributed by atoms with Crippen molar-refractivity contribution in [2.45, 2.75) is 44.1 Å². The van der Waals surface area contributed by atoms with Crippen molar-refractivity contribution in [3.8, 4) is 0 Å². The van der Waals surface area contributed by atoms with Gasteiger partial charge in [0.15, 0.2) is 0 Å². The first-order valence-electron chi connectivity index (χ1n) is 11.7. The fraction of sp³-hybridized carbons (Fsp3) is 0.478. The summed E-state index contributed by atoms with van der Waals surface area (Å²) in [5.74, 6) is 0.994. The quantitative estimate of drug-likeness (QED) is 0.297. The molecule has 1 aromatic carbocycles. The lowest BCUT2D eigenvalue weighted by molar-refractivity contribution is 0.0645. The number of hydrogen-bond donors (Lipinski definition) is 5. The Morgan fingerprint density at radius 1 is 0.944 bits per heavy atom. The fourth-order valence-electron chi connectivity index (χ4n) is 4.78. The van der Waals surface area contributed by atoms with E-state index in [0.717, 1.165) is 10.9 Å². The predicted molar refractivity (Wildman–Crippen MR) is 139 cm³/mol. The molecule has 2 aliphatic heterocycles. The highest BCUT2D eigenvalue weighted by Gasteiger charge is 2.29. The van der Waals surface area contributed by atoms with Crippen molar-refractivity contribution in [2.24, 2.45) is 11.5 Å². The largest absolute Gasteiger partial charge is 0.423 e. The van der Waals surface area contributed by atoms with E-state index in [9.17, 15) is 15.0 Å². The molecule has 2 fully saturated rings. The maximum absolute atomic E-state index is 11.8. The number of aliphatic hydroxyl groups is 2. The number of halogens is 1. The minimum absolute atomic E-state index is 0. The summed E-state index contributed by atoms with van der Waals surface area (Å²) in [6.07, 6.45) is -0.374. The molecular weight excluding hydrogens is 488 g/mol. The maximum atomic E-state index is 11.8. The second-order valence-corrected chi connectivity index (χ2v) is 9.45. The molecule has 0 saturated carbocycles. The van der Waals surface area contributed by atoms with Crippen molar-refractivity contribution in [3.63, 3.8) is 0 Å². The molecule has 0 aliphatic carbocycles. The normalized spacial score (nSPS) is 24.5. The number of anilines is 4. The number of aromatic nitrogens is 3. The van der Waals surface area contributed by atoms with Crippen LogP contribution in [0.4, 0.5) is 23.5 Å². The Kier molecular flexibility index (Phi) is 7.62. The van der Waals surface area contributed by atoms with E-state index in [4.69, 9.17) is 15.9 Å². The summed E-state index contributed by atoms with van der Waals surface area (Å²) in [5, 5.41) is 24.4. The molecule has 0 amide bonds. The van der Waals surface area contributed by atoms with Crippen LogP contribution in [0.15, 0.2) is 33.5 Å². The number of aliphatic hydroxyl groups excluding tert-OH is 2. The van der Waals surface area contributed by atoms with Crippen LogP contribution in [0, 0.1) is 6.92 Å². The van der Waals surface area contributed by atoms with E-state index in [0.29, 0.717) is 62.2 Å².